The summed E-state index contributed by atoms with van der Waals surface area (Å²) in [6.07, 6.45) is 1.16. The number of aromatic nitrogens is 2. The quantitative estimate of drug-likeness (QED) is 0.807. The maximum Gasteiger partial charge on any atom is 0.251 e. The van der Waals surface area contributed by atoms with Crippen LogP contribution in [0.5, 0.6) is 17.2 Å². The molecule has 27 heavy (non-hydrogen) atoms. The molecule has 144 valence electrons. The molecule has 0 amide bonds. The fourth-order valence-corrected chi connectivity index (χ4v) is 4.79. The van der Waals surface area contributed by atoms with E-state index in [4.69, 9.17) is 14.2 Å². The van der Waals surface area contributed by atoms with E-state index in [1.54, 1.807) is 26.0 Å². The van der Waals surface area contributed by atoms with Crippen LogP contribution in [0.2, 0.25) is 0 Å². The Morgan fingerprint density at radius 2 is 1.81 bits per heavy atom. The summed E-state index contributed by atoms with van der Waals surface area (Å²) in [6, 6.07) is 3.63. The van der Waals surface area contributed by atoms with Crippen LogP contribution in [0.25, 0.3) is 0 Å². The highest BCUT2D eigenvalue weighted by molar-refractivity contribution is 5.82. The zero-order valence-electron chi connectivity index (χ0n) is 16.8. The van der Waals surface area contributed by atoms with Gasteiger partial charge in [0.05, 0.1) is 39.1 Å². The molecule has 1 heterocycles. The fourth-order valence-electron chi connectivity index (χ4n) is 4.79. The minimum absolute atomic E-state index is 0.0345. The van der Waals surface area contributed by atoms with Crippen LogP contribution in [-0.4, -0.2) is 37.0 Å². The van der Waals surface area contributed by atoms with Crippen molar-refractivity contribution in [3.8, 4) is 17.2 Å². The number of hydrogen-bond donors (Lipinski definition) is 0. The minimum atomic E-state index is -0.0345. The van der Waals surface area contributed by atoms with E-state index in [-0.39, 0.29) is 12.3 Å². The average molecular weight is 370 g/mol. The van der Waals surface area contributed by atoms with Crippen molar-refractivity contribution in [3.63, 3.8) is 0 Å². The van der Waals surface area contributed by atoms with Crippen molar-refractivity contribution in [1.82, 2.24) is 9.78 Å². The topological polar surface area (TPSA) is 62.6 Å². The van der Waals surface area contributed by atoms with Gasteiger partial charge in [-0.05, 0) is 48.3 Å². The van der Waals surface area contributed by atoms with Crippen LogP contribution < -0.4 is 14.2 Å². The monoisotopic (exact) mass is 370 g/mol. The first-order valence-electron chi connectivity index (χ1n) is 9.24. The van der Waals surface area contributed by atoms with Crippen molar-refractivity contribution in [1.29, 1.82) is 0 Å². The first kappa shape index (κ1) is 17.9. The van der Waals surface area contributed by atoms with E-state index >= 15 is 0 Å². The van der Waals surface area contributed by atoms with E-state index in [9.17, 15) is 4.79 Å². The van der Waals surface area contributed by atoms with Gasteiger partial charge in [-0.15, -0.1) is 0 Å². The van der Waals surface area contributed by atoms with E-state index in [1.165, 1.54) is 5.56 Å². The van der Waals surface area contributed by atoms with Crippen LogP contribution in [-0.2, 0) is 12.8 Å². The first-order valence-corrected chi connectivity index (χ1v) is 9.24. The smallest absolute Gasteiger partial charge is 0.251 e. The molecule has 1 aromatic carbocycles. The summed E-state index contributed by atoms with van der Waals surface area (Å²) < 4.78 is 17.7. The van der Waals surface area contributed by atoms with Crippen LogP contribution in [0.3, 0.4) is 0 Å². The predicted molar refractivity (Wildman–Crippen MR) is 101 cm³/mol. The van der Waals surface area contributed by atoms with Crippen molar-refractivity contribution in [2.45, 2.75) is 39.5 Å². The molecule has 0 bridgehead atoms. The molecule has 6 nitrogen and oxygen atoms in total. The highest BCUT2D eigenvalue weighted by Gasteiger charge is 2.64. The van der Waals surface area contributed by atoms with Gasteiger partial charge < -0.3 is 14.2 Å². The summed E-state index contributed by atoms with van der Waals surface area (Å²) in [4.78, 5) is 13.0. The molecule has 0 unspecified atom stereocenters. The number of ether oxygens (including phenoxy) is 3. The summed E-state index contributed by atoms with van der Waals surface area (Å²) in [6.45, 7) is 6.62. The standard InChI is InChI=1S/C21H26N2O4/c1-11-18-14(10-13-19(18)21(13,2)3)23(22-11)17(24)9-12-7-15(25-4)20(27-6)16(8-12)26-5/h7-8,13,19H,9-10H2,1-6H3/t13-,19+/m0/s1. The van der Waals surface area contributed by atoms with Gasteiger partial charge in [0.15, 0.2) is 11.5 Å². The van der Waals surface area contributed by atoms with Gasteiger partial charge in [0, 0.05) is 5.56 Å². The third kappa shape index (κ3) is 2.53. The summed E-state index contributed by atoms with van der Waals surface area (Å²) in [7, 11) is 4.70. The average Bonchev–Trinajstić information content (AvgIpc) is 2.97. The molecule has 0 saturated heterocycles. The molecule has 0 aliphatic heterocycles. The van der Waals surface area contributed by atoms with Gasteiger partial charge in [0.25, 0.3) is 5.91 Å². The first-order chi connectivity index (χ1) is 12.8. The summed E-state index contributed by atoms with van der Waals surface area (Å²) in [5, 5.41) is 4.57. The van der Waals surface area contributed by atoms with Gasteiger partial charge in [-0.1, -0.05) is 13.8 Å². The van der Waals surface area contributed by atoms with E-state index in [0.29, 0.717) is 34.5 Å². The van der Waals surface area contributed by atoms with Gasteiger partial charge in [0.1, 0.15) is 0 Å². The van der Waals surface area contributed by atoms with E-state index in [2.05, 4.69) is 18.9 Å². The molecule has 1 saturated carbocycles. The normalized spacial score (nSPS) is 21.4. The number of rotatable bonds is 5. The van der Waals surface area contributed by atoms with E-state index < -0.39 is 0 Å². The molecule has 2 aliphatic carbocycles. The molecule has 4 rings (SSSR count). The largest absolute Gasteiger partial charge is 0.493 e. The van der Waals surface area contributed by atoms with Crippen LogP contribution >= 0.6 is 0 Å². The maximum atomic E-state index is 13.0. The molecule has 2 atom stereocenters. The number of nitrogens with zero attached hydrogens (tertiary/aromatic N) is 2. The second-order valence-electron chi connectivity index (χ2n) is 8.07. The molecule has 0 radical (unpaired) electrons. The fraction of sp³-hybridized carbons (Fsp3) is 0.524. The summed E-state index contributed by atoms with van der Waals surface area (Å²) in [5.74, 6) is 2.77. The van der Waals surface area contributed by atoms with Crippen molar-refractivity contribution < 1.29 is 19.0 Å². The van der Waals surface area contributed by atoms with Gasteiger partial charge in [-0.3, -0.25) is 4.79 Å². The highest BCUT2D eigenvalue weighted by atomic mass is 16.5. The molecule has 2 aliphatic rings. The molecule has 0 spiro atoms. The predicted octanol–water partition coefficient (Wildman–Crippen LogP) is 3.40. The number of aryl methyl sites for hydroxylation is 1. The Labute approximate surface area is 159 Å². The zero-order chi connectivity index (χ0) is 19.5. The third-order valence-electron chi connectivity index (χ3n) is 6.30. The third-order valence-corrected chi connectivity index (χ3v) is 6.30. The van der Waals surface area contributed by atoms with E-state index in [1.807, 2.05) is 19.1 Å². The lowest BCUT2D eigenvalue weighted by atomic mass is 9.98. The number of methoxy groups -OCH3 is 3. The highest BCUT2D eigenvalue weighted by Crippen LogP contribution is 2.70. The Bertz CT molecular complexity index is 903. The van der Waals surface area contributed by atoms with Gasteiger partial charge in [0.2, 0.25) is 5.75 Å². The molecular weight excluding hydrogens is 344 g/mol. The van der Waals surface area contributed by atoms with Crippen LogP contribution in [0.4, 0.5) is 0 Å². The second kappa shape index (κ2) is 6.01. The van der Waals surface area contributed by atoms with Crippen LogP contribution in [0.1, 0.15) is 47.1 Å². The van der Waals surface area contributed by atoms with Crippen molar-refractivity contribution in [2.24, 2.45) is 11.3 Å². The van der Waals surface area contributed by atoms with Crippen molar-refractivity contribution >= 4 is 5.91 Å². The molecular formula is C21H26N2O4. The van der Waals surface area contributed by atoms with Crippen molar-refractivity contribution in [2.75, 3.05) is 21.3 Å². The summed E-state index contributed by atoms with van der Waals surface area (Å²) in [5.41, 5.74) is 4.52. The van der Waals surface area contributed by atoms with Crippen LogP contribution in [0, 0.1) is 18.3 Å². The Kier molecular flexibility index (Phi) is 3.98. The Morgan fingerprint density at radius 1 is 1.19 bits per heavy atom. The lowest BCUT2D eigenvalue weighted by Crippen LogP contribution is -2.19. The van der Waals surface area contributed by atoms with Gasteiger partial charge >= 0.3 is 0 Å². The van der Waals surface area contributed by atoms with Crippen molar-refractivity contribution in [3.05, 3.63) is 34.6 Å². The van der Waals surface area contributed by atoms with E-state index in [0.717, 1.165) is 23.4 Å². The van der Waals surface area contributed by atoms with Crippen LogP contribution in [0.15, 0.2) is 12.1 Å². The number of carbonyl (C=O) groups is 1. The summed E-state index contributed by atoms with van der Waals surface area (Å²) >= 11 is 0. The molecule has 1 fully saturated rings. The lowest BCUT2D eigenvalue weighted by Gasteiger charge is -2.14. The Morgan fingerprint density at radius 3 is 2.37 bits per heavy atom. The molecule has 2 aromatic rings. The Balaban J connectivity index is 1.63. The minimum Gasteiger partial charge on any atom is -0.493 e. The Hall–Kier alpha value is -2.50. The van der Waals surface area contributed by atoms with Gasteiger partial charge in [-0.25, -0.2) is 4.68 Å². The number of fused-ring (bicyclic) bond motifs is 3. The second-order valence-corrected chi connectivity index (χ2v) is 8.07. The molecule has 6 heteroatoms. The number of benzene rings is 1. The molecule has 0 N–H and O–H groups in total. The number of carbonyl (C=O) groups excluding carboxylic acids is 1. The lowest BCUT2D eigenvalue weighted by molar-refractivity contribution is 0.0894. The zero-order valence-corrected chi connectivity index (χ0v) is 16.8. The maximum absolute atomic E-state index is 13.0. The SMILES string of the molecule is COc1cc(CC(=O)n2nc(C)c3c2C[C@H]2[C@H]3C2(C)C)cc(OC)c1OC. The molecule has 1 aromatic heterocycles. The number of hydrogen-bond acceptors (Lipinski definition) is 5. The van der Waals surface area contributed by atoms with Gasteiger partial charge in [-0.2, -0.15) is 5.10 Å².